The molecule has 0 spiro atoms. The number of aromatic hydroxyl groups is 1. The van der Waals surface area contributed by atoms with Crippen LogP contribution in [0.15, 0.2) is 48.9 Å². The van der Waals surface area contributed by atoms with E-state index < -0.39 is 0 Å². The lowest BCUT2D eigenvalue weighted by Gasteiger charge is -2.33. The first kappa shape index (κ1) is 24.2. The zero-order valence-corrected chi connectivity index (χ0v) is 22.7. The summed E-state index contributed by atoms with van der Waals surface area (Å²) in [5.74, 6) is 1.30. The predicted molar refractivity (Wildman–Crippen MR) is 140 cm³/mol. The Morgan fingerprint density at radius 3 is 2.70 bits per heavy atom. The van der Waals surface area contributed by atoms with Gasteiger partial charge in [-0.15, -0.1) is 11.3 Å². The van der Waals surface area contributed by atoms with Gasteiger partial charge < -0.3 is 14.8 Å². The first-order chi connectivity index (χ1) is 15.6. The number of hydrogen-bond acceptors (Lipinski definition) is 5. The molecule has 0 saturated carbocycles. The summed E-state index contributed by atoms with van der Waals surface area (Å²) in [7, 11) is 0. The average Bonchev–Trinajstić information content (AvgIpc) is 3.40. The number of rotatable bonds is 5. The third-order valence-electron chi connectivity index (χ3n) is 6.07. The second kappa shape index (κ2) is 9.76. The van der Waals surface area contributed by atoms with E-state index in [9.17, 15) is 9.90 Å². The molecule has 0 aliphatic heterocycles. The number of amides is 1. The molecular formula is C25H26Br2N2O3S. The van der Waals surface area contributed by atoms with E-state index in [4.69, 9.17) is 9.41 Å². The van der Waals surface area contributed by atoms with Crippen molar-refractivity contribution in [1.29, 1.82) is 0 Å². The van der Waals surface area contributed by atoms with Crippen molar-refractivity contribution in [3.8, 4) is 5.75 Å². The minimum atomic E-state index is -0.127. The Morgan fingerprint density at radius 2 is 2.06 bits per heavy atom. The topological polar surface area (TPSA) is 74.8 Å². The van der Waals surface area contributed by atoms with E-state index in [1.165, 1.54) is 4.88 Å². The Hall–Kier alpha value is -1.90. The second-order valence-corrected chi connectivity index (χ2v) is 12.1. The van der Waals surface area contributed by atoms with Crippen molar-refractivity contribution in [3.05, 3.63) is 66.8 Å². The lowest BCUT2D eigenvalue weighted by molar-refractivity contribution is 0.0947. The highest BCUT2D eigenvalue weighted by atomic mass is 79.9. The molecule has 1 amide bonds. The van der Waals surface area contributed by atoms with Gasteiger partial charge >= 0.3 is 0 Å². The zero-order valence-electron chi connectivity index (χ0n) is 18.7. The van der Waals surface area contributed by atoms with Crippen LogP contribution in [-0.4, -0.2) is 17.2 Å². The third-order valence-corrected chi connectivity index (χ3v) is 8.44. The molecule has 1 aliphatic carbocycles. The molecule has 33 heavy (non-hydrogen) atoms. The third kappa shape index (κ3) is 5.44. The SMILES string of the molecule is CC(C)(C)[C@@H]1CCc2c(sc(N=Cc3cc(Br)c(O)c(Br)c3)c2C(=O)NCc2ccco2)C1. The molecule has 0 saturated heterocycles. The number of aliphatic imine (C=N–C) groups is 1. The number of carbonyl (C=O) groups is 1. The summed E-state index contributed by atoms with van der Waals surface area (Å²) in [5.41, 5.74) is 2.82. The van der Waals surface area contributed by atoms with E-state index in [0.717, 1.165) is 30.4 Å². The highest BCUT2D eigenvalue weighted by molar-refractivity contribution is 9.11. The van der Waals surface area contributed by atoms with Gasteiger partial charge in [0.1, 0.15) is 16.5 Å². The van der Waals surface area contributed by atoms with Crippen LogP contribution in [0.5, 0.6) is 5.75 Å². The molecule has 0 unspecified atom stereocenters. The van der Waals surface area contributed by atoms with Crippen molar-refractivity contribution >= 4 is 60.3 Å². The van der Waals surface area contributed by atoms with E-state index in [1.54, 1.807) is 35.9 Å². The van der Waals surface area contributed by atoms with Gasteiger partial charge in [0.25, 0.3) is 5.91 Å². The first-order valence-electron chi connectivity index (χ1n) is 10.8. The van der Waals surface area contributed by atoms with E-state index in [-0.39, 0.29) is 17.1 Å². The maximum atomic E-state index is 13.3. The molecule has 8 heteroatoms. The van der Waals surface area contributed by atoms with Crippen molar-refractivity contribution in [3.63, 3.8) is 0 Å². The summed E-state index contributed by atoms with van der Waals surface area (Å²) in [4.78, 5) is 19.3. The number of phenols is 1. The van der Waals surface area contributed by atoms with Crippen molar-refractivity contribution in [1.82, 2.24) is 5.32 Å². The van der Waals surface area contributed by atoms with Crippen LogP contribution in [0.25, 0.3) is 0 Å². The first-order valence-corrected chi connectivity index (χ1v) is 13.2. The Bertz CT molecular complexity index is 1170. The van der Waals surface area contributed by atoms with E-state index in [1.807, 2.05) is 12.1 Å². The van der Waals surface area contributed by atoms with Crippen LogP contribution < -0.4 is 5.32 Å². The molecule has 1 aromatic carbocycles. The number of hydrogen-bond donors (Lipinski definition) is 2. The molecule has 1 aliphatic rings. The average molecular weight is 594 g/mol. The monoisotopic (exact) mass is 592 g/mol. The van der Waals surface area contributed by atoms with Gasteiger partial charge in [0.15, 0.2) is 0 Å². The summed E-state index contributed by atoms with van der Waals surface area (Å²) in [5, 5.41) is 13.7. The quantitative estimate of drug-likeness (QED) is 0.303. The molecule has 2 N–H and O–H groups in total. The number of carbonyl (C=O) groups excluding carboxylic acids is 1. The van der Waals surface area contributed by atoms with E-state index in [2.05, 4.69) is 57.9 Å². The fraction of sp³-hybridized carbons (Fsp3) is 0.360. The van der Waals surface area contributed by atoms with Crippen LogP contribution in [0.2, 0.25) is 0 Å². The van der Waals surface area contributed by atoms with Gasteiger partial charge in [0.2, 0.25) is 0 Å². The number of phenolic OH excluding ortho intramolecular Hbond substituents is 1. The predicted octanol–water partition coefficient (Wildman–Crippen LogP) is 7.40. The maximum Gasteiger partial charge on any atom is 0.255 e. The maximum absolute atomic E-state index is 13.3. The van der Waals surface area contributed by atoms with Crippen LogP contribution in [-0.2, 0) is 19.4 Å². The Kier molecular flexibility index (Phi) is 7.17. The number of halogens is 2. The summed E-state index contributed by atoms with van der Waals surface area (Å²) in [6.45, 7) is 7.19. The molecule has 1 atom stereocenters. The number of nitrogens with one attached hydrogen (secondary N) is 1. The van der Waals surface area contributed by atoms with Crippen molar-refractivity contribution < 1.29 is 14.3 Å². The van der Waals surface area contributed by atoms with E-state index >= 15 is 0 Å². The molecule has 5 nitrogen and oxygen atoms in total. The fourth-order valence-corrected chi connectivity index (χ4v) is 6.59. The number of furan rings is 1. The smallest absolute Gasteiger partial charge is 0.255 e. The molecule has 0 fully saturated rings. The summed E-state index contributed by atoms with van der Waals surface area (Å²) in [6, 6.07) is 7.24. The minimum absolute atomic E-state index is 0.127. The normalized spacial score (nSPS) is 16.2. The highest BCUT2D eigenvalue weighted by Crippen LogP contribution is 2.45. The van der Waals surface area contributed by atoms with Gasteiger partial charge in [-0.05, 0) is 97.8 Å². The summed E-state index contributed by atoms with van der Waals surface area (Å²) in [6.07, 6.45) is 6.24. The Morgan fingerprint density at radius 1 is 1.33 bits per heavy atom. The van der Waals surface area contributed by atoms with Crippen LogP contribution in [0, 0.1) is 11.3 Å². The minimum Gasteiger partial charge on any atom is -0.506 e. The van der Waals surface area contributed by atoms with Crippen LogP contribution in [0.1, 0.15) is 59.3 Å². The van der Waals surface area contributed by atoms with Gasteiger partial charge in [-0.25, -0.2) is 4.99 Å². The van der Waals surface area contributed by atoms with Crippen molar-refractivity contribution in [2.45, 2.75) is 46.6 Å². The van der Waals surface area contributed by atoms with Gasteiger partial charge in [-0.1, -0.05) is 20.8 Å². The van der Waals surface area contributed by atoms with Gasteiger partial charge in [0.05, 0.1) is 27.3 Å². The van der Waals surface area contributed by atoms with Gasteiger partial charge in [0, 0.05) is 11.1 Å². The zero-order chi connectivity index (χ0) is 23.8. The number of benzene rings is 1. The molecule has 174 valence electrons. The Labute approximate surface area is 214 Å². The van der Waals surface area contributed by atoms with Crippen LogP contribution in [0.4, 0.5) is 5.00 Å². The van der Waals surface area contributed by atoms with Crippen molar-refractivity contribution in [2.24, 2.45) is 16.3 Å². The highest BCUT2D eigenvalue weighted by Gasteiger charge is 2.33. The molecule has 0 radical (unpaired) electrons. The summed E-state index contributed by atoms with van der Waals surface area (Å²) < 4.78 is 6.52. The molecule has 4 rings (SSSR count). The molecule has 0 bridgehead atoms. The molecular weight excluding hydrogens is 568 g/mol. The van der Waals surface area contributed by atoms with Crippen LogP contribution in [0.3, 0.4) is 0 Å². The van der Waals surface area contributed by atoms with Crippen molar-refractivity contribution in [2.75, 3.05) is 0 Å². The van der Waals surface area contributed by atoms with E-state index in [0.29, 0.717) is 37.7 Å². The van der Waals surface area contributed by atoms with Gasteiger partial charge in [-0.3, -0.25) is 4.79 Å². The molecule has 3 aromatic rings. The lowest BCUT2D eigenvalue weighted by Crippen LogP contribution is -2.28. The Balaban J connectivity index is 1.67. The summed E-state index contributed by atoms with van der Waals surface area (Å²) >= 11 is 8.33. The largest absolute Gasteiger partial charge is 0.506 e. The fourth-order valence-electron chi connectivity index (χ4n) is 4.10. The number of thiophene rings is 1. The van der Waals surface area contributed by atoms with Crippen LogP contribution >= 0.6 is 43.2 Å². The number of nitrogens with zero attached hydrogens (tertiary/aromatic N) is 1. The number of fused-ring (bicyclic) bond motifs is 1. The second-order valence-electron chi connectivity index (χ2n) is 9.34. The van der Waals surface area contributed by atoms with Gasteiger partial charge in [-0.2, -0.15) is 0 Å². The standard InChI is InChI=1S/C25H26Br2N2O3S/c1-25(2,3)15-6-7-17-20(11-15)33-24(21(17)23(31)28-13-16-5-4-8-32-16)29-12-14-9-18(26)22(30)19(27)10-14/h4-5,8-10,12,15,30H,6-7,11,13H2,1-3H3,(H,28,31)/t15-/m1/s1. The molecule has 2 aromatic heterocycles. The lowest BCUT2D eigenvalue weighted by atomic mass is 9.72. The molecule has 2 heterocycles.